The van der Waals surface area contributed by atoms with Gasteiger partial charge in [-0.2, -0.15) is 0 Å². The topological polar surface area (TPSA) is 55.8 Å². The lowest BCUT2D eigenvalue weighted by Crippen LogP contribution is -2.45. The minimum Gasteiger partial charge on any atom is -0.388 e. The number of hydrogen-bond acceptors (Lipinski definition) is 4. The lowest BCUT2D eigenvalue weighted by Gasteiger charge is -2.40. The van der Waals surface area contributed by atoms with E-state index in [1.165, 1.54) is 0 Å². The first-order valence-corrected chi connectivity index (χ1v) is 6.94. The summed E-state index contributed by atoms with van der Waals surface area (Å²) in [5.41, 5.74) is 0.619. The third-order valence-electron chi connectivity index (χ3n) is 3.33. The zero-order valence-electron chi connectivity index (χ0n) is 12.4. The molecule has 1 aliphatic heterocycles. The average molecular weight is 270 g/mol. The van der Waals surface area contributed by atoms with Crippen LogP contribution in [0.5, 0.6) is 0 Å². The van der Waals surface area contributed by atoms with Gasteiger partial charge in [-0.15, -0.1) is 0 Å². The number of Topliss-reactive ketones (excluding diaryl/α,β-unsaturated/α-hetero) is 1. The van der Waals surface area contributed by atoms with Crippen molar-refractivity contribution in [3.8, 4) is 0 Å². The number of carbonyl (C=O) groups excluding carboxylic acids is 1. The highest BCUT2D eigenvalue weighted by molar-refractivity contribution is 5.79. The molecule has 0 unspecified atom stereocenters. The van der Waals surface area contributed by atoms with Crippen LogP contribution < -0.4 is 0 Å². The second-order valence-corrected chi connectivity index (χ2v) is 5.83. The Labute approximate surface area is 115 Å². The minimum atomic E-state index is -0.748. The summed E-state index contributed by atoms with van der Waals surface area (Å²) in [6, 6.07) is 0. The van der Waals surface area contributed by atoms with E-state index in [0.717, 1.165) is 12.8 Å². The van der Waals surface area contributed by atoms with Crippen LogP contribution in [0.3, 0.4) is 0 Å². The van der Waals surface area contributed by atoms with Crippen molar-refractivity contribution in [3.05, 3.63) is 12.2 Å². The number of aliphatic hydroxyl groups is 1. The van der Waals surface area contributed by atoms with Gasteiger partial charge in [0.1, 0.15) is 5.78 Å². The second kappa shape index (κ2) is 6.64. The molecule has 0 aromatic rings. The molecule has 19 heavy (non-hydrogen) atoms. The minimum absolute atomic E-state index is 0.00746. The summed E-state index contributed by atoms with van der Waals surface area (Å²) < 4.78 is 11.5. The van der Waals surface area contributed by atoms with Gasteiger partial charge in [0.15, 0.2) is 5.79 Å². The van der Waals surface area contributed by atoms with Crippen molar-refractivity contribution in [2.75, 3.05) is 0 Å². The number of hydrogen-bond donors (Lipinski definition) is 1. The van der Waals surface area contributed by atoms with Gasteiger partial charge < -0.3 is 14.6 Å². The smallest absolute Gasteiger partial charge is 0.163 e. The first kappa shape index (κ1) is 16.3. The van der Waals surface area contributed by atoms with Crippen LogP contribution in [0.2, 0.25) is 0 Å². The van der Waals surface area contributed by atoms with Crippen LogP contribution in [-0.4, -0.2) is 35.0 Å². The SMILES string of the molecule is C=C(C)[C@@H](O)CC(=O)C[C@H]1C[C@@H](CC)OC(C)(C)O1. The van der Waals surface area contributed by atoms with E-state index in [9.17, 15) is 9.90 Å². The predicted octanol–water partition coefficient (Wildman–Crippen LogP) is 2.59. The maximum atomic E-state index is 11.9. The van der Waals surface area contributed by atoms with Gasteiger partial charge in [-0.3, -0.25) is 4.79 Å². The molecule has 0 saturated carbocycles. The van der Waals surface area contributed by atoms with Gasteiger partial charge in [0.2, 0.25) is 0 Å². The molecule has 0 spiro atoms. The van der Waals surface area contributed by atoms with Crippen LogP contribution in [0.25, 0.3) is 0 Å². The number of rotatable bonds is 6. The van der Waals surface area contributed by atoms with E-state index in [1.807, 2.05) is 13.8 Å². The predicted molar refractivity (Wildman–Crippen MR) is 73.8 cm³/mol. The summed E-state index contributed by atoms with van der Waals surface area (Å²) in [5.74, 6) is -0.635. The van der Waals surface area contributed by atoms with E-state index in [4.69, 9.17) is 9.47 Å². The number of carbonyl (C=O) groups is 1. The molecule has 1 rings (SSSR count). The fraction of sp³-hybridized carbons (Fsp3) is 0.800. The maximum Gasteiger partial charge on any atom is 0.163 e. The molecule has 1 aliphatic rings. The summed E-state index contributed by atoms with van der Waals surface area (Å²) >= 11 is 0. The van der Waals surface area contributed by atoms with Crippen molar-refractivity contribution in [2.45, 2.75) is 77.5 Å². The monoisotopic (exact) mass is 270 g/mol. The third kappa shape index (κ3) is 5.43. The quantitative estimate of drug-likeness (QED) is 0.754. The van der Waals surface area contributed by atoms with E-state index in [2.05, 4.69) is 13.5 Å². The standard InChI is InChI=1S/C15H26O4/c1-6-12-9-13(19-15(4,5)18-12)7-11(16)8-14(17)10(2)3/h12-14,17H,2,6-9H2,1,3-5H3/t12-,13+,14+/m1/s1. The molecule has 1 fully saturated rings. The first-order chi connectivity index (χ1) is 8.73. The molecule has 0 aromatic heterocycles. The zero-order valence-corrected chi connectivity index (χ0v) is 12.4. The Morgan fingerprint density at radius 2 is 2.00 bits per heavy atom. The fourth-order valence-electron chi connectivity index (χ4n) is 2.32. The fourth-order valence-corrected chi connectivity index (χ4v) is 2.32. The van der Waals surface area contributed by atoms with Crippen molar-refractivity contribution in [1.29, 1.82) is 0 Å². The van der Waals surface area contributed by atoms with Gasteiger partial charge in [0.05, 0.1) is 18.3 Å². The summed E-state index contributed by atoms with van der Waals surface area (Å²) in [7, 11) is 0. The van der Waals surface area contributed by atoms with Crippen molar-refractivity contribution >= 4 is 5.78 Å². The molecule has 4 nitrogen and oxygen atoms in total. The lowest BCUT2D eigenvalue weighted by atomic mass is 9.98. The van der Waals surface area contributed by atoms with Gasteiger partial charge in [0.25, 0.3) is 0 Å². The van der Waals surface area contributed by atoms with Crippen LogP contribution in [0, 0.1) is 0 Å². The molecular weight excluding hydrogens is 244 g/mol. The molecule has 3 atom stereocenters. The Hall–Kier alpha value is -0.710. The van der Waals surface area contributed by atoms with Crippen molar-refractivity contribution in [3.63, 3.8) is 0 Å². The number of ketones is 1. The molecule has 0 bridgehead atoms. The van der Waals surface area contributed by atoms with Crippen LogP contribution >= 0.6 is 0 Å². The Morgan fingerprint density at radius 1 is 1.42 bits per heavy atom. The Kier molecular flexibility index (Phi) is 5.71. The number of aliphatic hydroxyl groups excluding tert-OH is 1. The average Bonchev–Trinajstić information content (AvgIpc) is 2.26. The van der Waals surface area contributed by atoms with Gasteiger partial charge in [-0.25, -0.2) is 0 Å². The van der Waals surface area contributed by atoms with Crippen LogP contribution in [-0.2, 0) is 14.3 Å². The molecular formula is C15H26O4. The zero-order chi connectivity index (χ0) is 14.6. The van der Waals surface area contributed by atoms with E-state index in [1.54, 1.807) is 6.92 Å². The molecule has 0 amide bonds. The second-order valence-electron chi connectivity index (χ2n) is 5.83. The summed E-state index contributed by atoms with van der Waals surface area (Å²) in [6.45, 7) is 11.2. The molecule has 1 heterocycles. The lowest BCUT2D eigenvalue weighted by molar-refractivity contribution is -0.299. The molecule has 4 heteroatoms. The van der Waals surface area contributed by atoms with Crippen molar-refractivity contribution < 1.29 is 19.4 Å². The van der Waals surface area contributed by atoms with Crippen LogP contribution in [0.1, 0.15) is 53.4 Å². The van der Waals surface area contributed by atoms with Crippen LogP contribution in [0.4, 0.5) is 0 Å². The van der Waals surface area contributed by atoms with Gasteiger partial charge in [-0.1, -0.05) is 19.1 Å². The normalized spacial score (nSPS) is 27.8. The van der Waals surface area contributed by atoms with Crippen LogP contribution in [0.15, 0.2) is 12.2 Å². The number of ether oxygens (including phenoxy) is 2. The van der Waals surface area contributed by atoms with Crippen molar-refractivity contribution in [2.24, 2.45) is 0 Å². The highest BCUT2D eigenvalue weighted by atomic mass is 16.7. The van der Waals surface area contributed by atoms with Crippen molar-refractivity contribution in [1.82, 2.24) is 0 Å². The summed E-state index contributed by atoms with van der Waals surface area (Å²) in [6.07, 6.45) is 1.34. The Bertz CT molecular complexity index is 335. The summed E-state index contributed by atoms with van der Waals surface area (Å²) in [4.78, 5) is 11.9. The molecule has 0 radical (unpaired) electrons. The highest BCUT2D eigenvalue weighted by Gasteiger charge is 2.35. The third-order valence-corrected chi connectivity index (χ3v) is 3.33. The van der Waals surface area contributed by atoms with E-state index in [-0.39, 0.29) is 24.4 Å². The maximum absolute atomic E-state index is 11.9. The van der Waals surface area contributed by atoms with Gasteiger partial charge in [0, 0.05) is 19.3 Å². The highest BCUT2D eigenvalue weighted by Crippen LogP contribution is 2.30. The molecule has 1 saturated heterocycles. The van der Waals surface area contributed by atoms with E-state index >= 15 is 0 Å². The largest absolute Gasteiger partial charge is 0.388 e. The van der Waals surface area contributed by atoms with Gasteiger partial charge in [-0.05, 0) is 27.2 Å². The molecule has 0 aliphatic carbocycles. The van der Waals surface area contributed by atoms with Gasteiger partial charge >= 0.3 is 0 Å². The molecule has 1 N–H and O–H groups in total. The summed E-state index contributed by atoms with van der Waals surface area (Å²) in [5, 5.41) is 9.64. The van der Waals surface area contributed by atoms with E-state index in [0.29, 0.717) is 12.0 Å². The molecule has 110 valence electrons. The Balaban J connectivity index is 2.51. The molecule has 0 aromatic carbocycles. The first-order valence-electron chi connectivity index (χ1n) is 6.94. The Morgan fingerprint density at radius 3 is 2.53 bits per heavy atom. The van der Waals surface area contributed by atoms with E-state index < -0.39 is 11.9 Å².